The molecule has 3 rings (SSSR count). The van der Waals surface area contributed by atoms with Crippen LogP contribution in [0.2, 0.25) is 0 Å². The molecule has 1 aliphatic heterocycles. The topological polar surface area (TPSA) is 51.3 Å². The van der Waals surface area contributed by atoms with E-state index in [1.165, 1.54) is 0 Å². The van der Waals surface area contributed by atoms with Crippen molar-refractivity contribution in [3.8, 4) is 11.6 Å². The Bertz CT molecular complexity index is 524. The van der Waals surface area contributed by atoms with E-state index in [0.29, 0.717) is 18.1 Å². The first-order chi connectivity index (χ1) is 8.84. The third kappa shape index (κ3) is 2.03. The summed E-state index contributed by atoms with van der Waals surface area (Å²) in [6, 6.07) is 3.66. The third-order valence-corrected chi connectivity index (χ3v) is 3.22. The summed E-state index contributed by atoms with van der Waals surface area (Å²) in [7, 11) is 0. The lowest BCUT2D eigenvalue weighted by Gasteiger charge is -2.16. The summed E-state index contributed by atoms with van der Waals surface area (Å²) in [5.74, 6) is 1.54. The molecule has 0 atom stereocenters. The Balaban J connectivity index is 1.77. The highest BCUT2D eigenvalue weighted by molar-refractivity contribution is 5.76. The zero-order chi connectivity index (χ0) is 12.4. The molecule has 0 spiro atoms. The van der Waals surface area contributed by atoms with Gasteiger partial charge in [-0.15, -0.1) is 0 Å². The highest BCUT2D eigenvalue weighted by atomic mass is 16.3. The Morgan fingerprint density at radius 3 is 2.94 bits per heavy atom. The first-order valence-corrected chi connectivity index (χ1v) is 6.17. The van der Waals surface area contributed by atoms with Crippen molar-refractivity contribution >= 4 is 5.91 Å². The maximum absolute atomic E-state index is 12.1. The van der Waals surface area contributed by atoms with Gasteiger partial charge in [0.05, 0.1) is 6.26 Å². The van der Waals surface area contributed by atoms with Crippen molar-refractivity contribution in [3.05, 3.63) is 30.8 Å². The Kier molecular flexibility index (Phi) is 2.88. The molecule has 0 radical (unpaired) electrons. The Morgan fingerprint density at radius 1 is 1.39 bits per heavy atom. The number of furan rings is 1. The molecule has 94 valence electrons. The highest BCUT2D eigenvalue weighted by Crippen LogP contribution is 2.18. The van der Waals surface area contributed by atoms with Crippen molar-refractivity contribution in [2.45, 2.75) is 19.4 Å². The number of amides is 1. The summed E-state index contributed by atoms with van der Waals surface area (Å²) >= 11 is 0. The van der Waals surface area contributed by atoms with Crippen molar-refractivity contribution in [2.24, 2.45) is 0 Å². The van der Waals surface area contributed by atoms with Gasteiger partial charge in [-0.1, -0.05) is 0 Å². The molecule has 2 aromatic rings. The lowest BCUT2D eigenvalue weighted by Crippen LogP contribution is -2.31. The summed E-state index contributed by atoms with van der Waals surface area (Å²) in [5, 5.41) is 0. The molecule has 0 bridgehead atoms. The normalized spacial score (nSPS) is 15.2. The van der Waals surface area contributed by atoms with Crippen LogP contribution in [0.15, 0.2) is 35.2 Å². The number of carbonyl (C=O) groups excluding carboxylic acids is 1. The number of hydrogen-bond donors (Lipinski definition) is 0. The fraction of sp³-hybridized carbons (Fsp3) is 0.385. The summed E-state index contributed by atoms with van der Waals surface area (Å²) in [4.78, 5) is 18.2. The van der Waals surface area contributed by atoms with Crippen molar-refractivity contribution in [3.63, 3.8) is 0 Å². The van der Waals surface area contributed by atoms with Crippen molar-refractivity contribution < 1.29 is 9.21 Å². The van der Waals surface area contributed by atoms with Gasteiger partial charge in [-0.25, -0.2) is 4.98 Å². The molecular weight excluding hydrogens is 230 g/mol. The Hall–Kier alpha value is -2.04. The van der Waals surface area contributed by atoms with E-state index in [0.717, 1.165) is 25.9 Å². The second-order valence-electron chi connectivity index (χ2n) is 4.44. The van der Waals surface area contributed by atoms with Gasteiger partial charge < -0.3 is 13.9 Å². The second kappa shape index (κ2) is 4.68. The van der Waals surface area contributed by atoms with Crippen LogP contribution in [0.4, 0.5) is 0 Å². The molecule has 18 heavy (non-hydrogen) atoms. The molecule has 1 amide bonds. The van der Waals surface area contributed by atoms with Gasteiger partial charge in [-0.2, -0.15) is 0 Å². The van der Waals surface area contributed by atoms with Crippen LogP contribution in [0.25, 0.3) is 11.6 Å². The van der Waals surface area contributed by atoms with Gasteiger partial charge >= 0.3 is 0 Å². The minimum Gasteiger partial charge on any atom is -0.461 e. The Morgan fingerprint density at radius 2 is 2.22 bits per heavy atom. The molecule has 3 heterocycles. The van der Waals surface area contributed by atoms with Crippen LogP contribution in [0.3, 0.4) is 0 Å². The van der Waals surface area contributed by atoms with E-state index < -0.39 is 0 Å². The molecular formula is C13H15N3O2. The van der Waals surface area contributed by atoms with Crippen LogP contribution in [0.5, 0.6) is 0 Å². The summed E-state index contributed by atoms with van der Waals surface area (Å²) in [6.07, 6.45) is 7.33. The number of aromatic nitrogens is 2. The predicted octanol–water partition coefficient (Wildman–Crippen LogP) is 1.77. The minimum absolute atomic E-state index is 0.151. The quantitative estimate of drug-likeness (QED) is 0.828. The first kappa shape index (κ1) is 11.1. The van der Waals surface area contributed by atoms with Gasteiger partial charge in [0.1, 0.15) is 6.54 Å². The van der Waals surface area contributed by atoms with E-state index in [1.54, 1.807) is 12.5 Å². The van der Waals surface area contributed by atoms with Crippen LogP contribution < -0.4 is 0 Å². The largest absolute Gasteiger partial charge is 0.461 e. The molecule has 0 saturated carbocycles. The van der Waals surface area contributed by atoms with Crippen molar-refractivity contribution in [2.75, 3.05) is 13.1 Å². The SMILES string of the molecule is O=C(Cn1ccnc1-c1ccco1)N1CCCC1. The van der Waals surface area contributed by atoms with Gasteiger partial charge in [0.25, 0.3) is 0 Å². The van der Waals surface area contributed by atoms with Crippen LogP contribution in [-0.2, 0) is 11.3 Å². The van der Waals surface area contributed by atoms with E-state index in [9.17, 15) is 4.79 Å². The smallest absolute Gasteiger partial charge is 0.242 e. The lowest BCUT2D eigenvalue weighted by atomic mass is 10.4. The van der Waals surface area contributed by atoms with Crippen molar-refractivity contribution in [1.29, 1.82) is 0 Å². The van der Waals surface area contributed by atoms with E-state index in [4.69, 9.17) is 4.42 Å². The summed E-state index contributed by atoms with van der Waals surface area (Å²) in [6.45, 7) is 2.09. The molecule has 0 aromatic carbocycles. The monoisotopic (exact) mass is 245 g/mol. The van der Waals surface area contributed by atoms with Gasteiger partial charge in [0.15, 0.2) is 11.6 Å². The van der Waals surface area contributed by atoms with E-state index >= 15 is 0 Å². The summed E-state index contributed by atoms with van der Waals surface area (Å²) in [5.41, 5.74) is 0. The number of likely N-dealkylation sites (tertiary alicyclic amines) is 1. The van der Waals surface area contributed by atoms with Gasteiger partial charge in [0, 0.05) is 25.5 Å². The molecule has 0 N–H and O–H groups in total. The number of rotatable bonds is 3. The third-order valence-electron chi connectivity index (χ3n) is 3.22. The Labute approximate surface area is 105 Å². The molecule has 0 unspecified atom stereocenters. The van der Waals surface area contributed by atoms with Crippen LogP contribution >= 0.6 is 0 Å². The number of nitrogens with zero attached hydrogens (tertiary/aromatic N) is 3. The average Bonchev–Trinajstić information content (AvgIpc) is 3.11. The van der Waals surface area contributed by atoms with Crippen LogP contribution in [0.1, 0.15) is 12.8 Å². The predicted molar refractivity (Wildman–Crippen MR) is 65.7 cm³/mol. The van der Waals surface area contributed by atoms with Crippen LogP contribution in [-0.4, -0.2) is 33.4 Å². The highest BCUT2D eigenvalue weighted by Gasteiger charge is 2.19. The molecule has 2 aromatic heterocycles. The van der Waals surface area contributed by atoms with Gasteiger partial charge in [0.2, 0.25) is 5.91 Å². The fourth-order valence-electron chi connectivity index (χ4n) is 2.28. The molecule has 1 saturated heterocycles. The number of imidazole rings is 1. The molecule has 5 heteroatoms. The van der Waals surface area contributed by atoms with E-state index in [-0.39, 0.29) is 5.91 Å². The standard InChI is InChI=1S/C13H15N3O2/c17-12(15-6-1-2-7-15)10-16-8-5-14-13(16)11-4-3-9-18-11/h3-5,8-9H,1-2,6-7,10H2. The number of hydrogen-bond acceptors (Lipinski definition) is 3. The van der Waals surface area contributed by atoms with Gasteiger partial charge in [-0.3, -0.25) is 4.79 Å². The first-order valence-electron chi connectivity index (χ1n) is 6.17. The van der Waals surface area contributed by atoms with Crippen molar-refractivity contribution in [1.82, 2.24) is 14.5 Å². The molecule has 5 nitrogen and oxygen atoms in total. The van der Waals surface area contributed by atoms with Gasteiger partial charge in [-0.05, 0) is 25.0 Å². The average molecular weight is 245 g/mol. The minimum atomic E-state index is 0.151. The zero-order valence-electron chi connectivity index (χ0n) is 10.1. The maximum Gasteiger partial charge on any atom is 0.242 e. The van der Waals surface area contributed by atoms with E-state index in [2.05, 4.69) is 4.98 Å². The number of carbonyl (C=O) groups is 1. The second-order valence-corrected chi connectivity index (χ2v) is 4.44. The molecule has 1 fully saturated rings. The lowest BCUT2D eigenvalue weighted by molar-refractivity contribution is -0.130. The molecule has 1 aliphatic rings. The van der Waals surface area contributed by atoms with E-state index in [1.807, 2.05) is 27.8 Å². The maximum atomic E-state index is 12.1. The summed E-state index contributed by atoms with van der Waals surface area (Å²) < 4.78 is 7.15. The van der Waals surface area contributed by atoms with Crippen LogP contribution in [0, 0.1) is 0 Å². The molecule has 0 aliphatic carbocycles. The zero-order valence-corrected chi connectivity index (χ0v) is 10.1. The fourth-order valence-corrected chi connectivity index (χ4v) is 2.28.